The molecule has 3 amide bonds. The minimum Gasteiger partial charge on any atom is -0.497 e. The first-order chi connectivity index (χ1) is 24.3. The van der Waals surface area contributed by atoms with Crippen molar-refractivity contribution in [3.63, 3.8) is 0 Å². The van der Waals surface area contributed by atoms with E-state index in [1.54, 1.807) is 24.9 Å². The average molecular weight is 717 g/mol. The lowest BCUT2D eigenvalue weighted by atomic mass is 9.85. The molecular formula is C38H44N4O8S. The summed E-state index contributed by atoms with van der Waals surface area (Å²) in [4.78, 5) is 60.1. The second-order valence-electron chi connectivity index (χ2n) is 14.4. The van der Waals surface area contributed by atoms with Gasteiger partial charge in [-0.05, 0) is 36.1 Å². The number of nitrogens with one attached hydrogen (secondary N) is 2. The Hall–Kier alpha value is -4.78. The molecule has 3 fully saturated rings. The van der Waals surface area contributed by atoms with Crippen LogP contribution < -0.4 is 20.1 Å². The number of benzene rings is 2. The van der Waals surface area contributed by atoms with Crippen LogP contribution in [0.15, 0.2) is 67.3 Å². The van der Waals surface area contributed by atoms with Gasteiger partial charge in [-0.15, -0.1) is 6.58 Å². The maximum Gasteiger partial charge on any atom is 0.408 e. The summed E-state index contributed by atoms with van der Waals surface area (Å²) in [6.45, 7) is 9.19. The molecule has 1 aromatic heterocycles. The fourth-order valence-corrected chi connectivity index (χ4v) is 7.85. The summed E-state index contributed by atoms with van der Waals surface area (Å²) in [5.41, 5.74) is -0.0969. The molecule has 13 heteroatoms. The summed E-state index contributed by atoms with van der Waals surface area (Å²) in [5, 5.41) is 16.3. The SMILES string of the molecule is C=C[C@H]1CC1(NC(=O)[C@@H]1C[C@@H](Oc2cc(-c3ccccc3)nc3cc(OC)ccc23)CN1C(=O)[C@@H](NC(=O)OC1CCSC1)C(C)(C)C)C(=O)O. The van der Waals surface area contributed by atoms with Crippen LogP contribution in [0.5, 0.6) is 11.5 Å². The molecule has 0 bridgehead atoms. The fraction of sp³-hybridized carbons (Fsp3) is 0.447. The van der Waals surface area contributed by atoms with Gasteiger partial charge in [-0.3, -0.25) is 9.59 Å². The zero-order valence-electron chi connectivity index (χ0n) is 29.2. The average Bonchev–Trinajstić information content (AvgIpc) is 3.37. The summed E-state index contributed by atoms with van der Waals surface area (Å²) in [5.74, 6) is -0.0252. The lowest BCUT2D eigenvalue weighted by Gasteiger charge is -2.35. The van der Waals surface area contributed by atoms with E-state index in [1.165, 1.54) is 11.0 Å². The number of hydrogen-bond acceptors (Lipinski definition) is 9. The van der Waals surface area contributed by atoms with Gasteiger partial charge in [-0.25, -0.2) is 14.6 Å². The number of alkyl carbamates (subject to hydrolysis) is 1. The number of pyridine rings is 1. The van der Waals surface area contributed by atoms with Gasteiger partial charge in [0.1, 0.15) is 41.3 Å². The number of carbonyl (C=O) groups is 4. The smallest absolute Gasteiger partial charge is 0.408 e. The number of aliphatic carboxylic acids is 1. The minimum absolute atomic E-state index is 0.00505. The number of amides is 3. The number of likely N-dealkylation sites (tertiary alicyclic amines) is 1. The standard InChI is InChI=1S/C38H44N4O8S/c1-6-23-19-38(23,35(45)46)41-33(43)30-17-26(20-42(30)34(44)32(37(2,3)4)40-36(47)50-25-14-15-51-21-25)49-31-18-28(22-10-8-7-9-11-22)39-29-16-24(48-5)12-13-27(29)31/h6-13,16,18,23,25-26,30,32H,1,14-15,17,19-21H2,2-5H3,(H,40,47)(H,41,43)(H,45,46)/t23-,25?,26+,30-,32+,38?/m0/s1. The van der Waals surface area contributed by atoms with Crippen LogP contribution in [0, 0.1) is 11.3 Å². The first kappa shape index (κ1) is 36.0. The number of ether oxygens (including phenoxy) is 3. The van der Waals surface area contributed by atoms with Crippen LogP contribution in [0.3, 0.4) is 0 Å². The molecule has 0 radical (unpaired) electrons. The predicted molar refractivity (Wildman–Crippen MR) is 194 cm³/mol. The van der Waals surface area contributed by atoms with Gasteiger partial charge in [0.15, 0.2) is 0 Å². The zero-order chi connectivity index (χ0) is 36.5. The molecule has 2 aliphatic heterocycles. The summed E-state index contributed by atoms with van der Waals surface area (Å²) in [6.07, 6.45) is 0.913. The first-order valence-electron chi connectivity index (χ1n) is 17.1. The van der Waals surface area contributed by atoms with E-state index in [4.69, 9.17) is 19.2 Å². The summed E-state index contributed by atoms with van der Waals surface area (Å²) in [7, 11) is 1.58. The van der Waals surface area contributed by atoms with Gasteiger partial charge in [0.2, 0.25) is 11.8 Å². The van der Waals surface area contributed by atoms with Gasteiger partial charge in [-0.2, -0.15) is 11.8 Å². The van der Waals surface area contributed by atoms with Crippen molar-refractivity contribution in [1.82, 2.24) is 20.5 Å². The number of hydrogen-bond donors (Lipinski definition) is 3. The number of nitrogens with zero attached hydrogens (tertiary/aromatic N) is 2. The molecule has 2 saturated heterocycles. The summed E-state index contributed by atoms with van der Waals surface area (Å²) < 4.78 is 17.7. The number of thioether (sulfide) groups is 1. The van der Waals surface area contributed by atoms with E-state index >= 15 is 0 Å². The van der Waals surface area contributed by atoms with Crippen LogP contribution >= 0.6 is 11.8 Å². The Morgan fingerprint density at radius 3 is 2.51 bits per heavy atom. The third-order valence-electron chi connectivity index (χ3n) is 9.75. The molecule has 270 valence electrons. The van der Waals surface area contributed by atoms with E-state index in [0.29, 0.717) is 33.8 Å². The second-order valence-corrected chi connectivity index (χ2v) is 15.5. The number of carbonyl (C=O) groups excluding carboxylic acids is 3. The Balaban J connectivity index is 1.32. The van der Waals surface area contributed by atoms with Gasteiger partial charge in [0, 0.05) is 41.2 Å². The van der Waals surface area contributed by atoms with Gasteiger partial charge < -0.3 is 34.9 Å². The molecule has 1 aliphatic carbocycles. The monoisotopic (exact) mass is 716 g/mol. The maximum absolute atomic E-state index is 14.5. The highest BCUT2D eigenvalue weighted by atomic mass is 32.2. The van der Waals surface area contributed by atoms with E-state index < -0.39 is 58.9 Å². The molecule has 3 heterocycles. The quantitative estimate of drug-likeness (QED) is 0.230. The van der Waals surface area contributed by atoms with Crippen LogP contribution in [0.4, 0.5) is 4.79 Å². The van der Waals surface area contributed by atoms with Crippen LogP contribution in [0.1, 0.15) is 40.0 Å². The highest BCUT2D eigenvalue weighted by molar-refractivity contribution is 7.99. The predicted octanol–water partition coefficient (Wildman–Crippen LogP) is 5.05. The van der Waals surface area contributed by atoms with Gasteiger partial charge in [0.05, 0.1) is 24.9 Å². The molecular weight excluding hydrogens is 673 g/mol. The van der Waals surface area contributed by atoms with Crippen LogP contribution in [-0.4, -0.2) is 93.9 Å². The Morgan fingerprint density at radius 1 is 1.12 bits per heavy atom. The van der Waals surface area contributed by atoms with Gasteiger partial charge in [-0.1, -0.05) is 57.2 Å². The van der Waals surface area contributed by atoms with Crippen molar-refractivity contribution in [2.24, 2.45) is 11.3 Å². The molecule has 12 nitrogen and oxygen atoms in total. The minimum atomic E-state index is -1.50. The molecule has 2 unspecified atom stereocenters. The fourth-order valence-electron chi connectivity index (χ4n) is 6.75. The third kappa shape index (κ3) is 7.63. The van der Waals surface area contributed by atoms with Gasteiger partial charge in [0.25, 0.3) is 0 Å². The van der Waals surface area contributed by atoms with Crippen molar-refractivity contribution in [2.75, 3.05) is 25.2 Å². The van der Waals surface area contributed by atoms with Crippen molar-refractivity contribution >= 4 is 46.5 Å². The van der Waals surface area contributed by atoms with E-state index in [0.717, 1.165) is 17.7 Å². The van der Waals surface area contributed by atoms with Crippen LogP contribution in [0.25, 0.3) is 22.2 Å². The molecule has 6 atom stereocenters. The number of carboxylic acid groups (broad SMARTS) is 1. The van der Waals surface area contributed by atoms with Crippen LogP contribution in [0.2, 0.25) is 0 Å². The van der Waals surface area contributed by atoms with Crippen molar-refractivity contribution < 1.29 is 38.5 Å². The Bertz CT molecular complexity index is 1830. The lowest BCUT2D eigenvalue weighted by Crippen LogP contribution is -2.59. The number of fused-ring (bicyclic) bond motifs is 1. The lowest BCUT2D eigenvalue weighted by molar-refractivity contribution is -0.146. The second kappa shape index (κ2) is 14.5. The Morgan fingerprint density at radius 2 is 1.88 bits per heavy atom. The highest BCUT2D eigenvalue weighted by Gasteiger charge is 2.61. The van der Waals surface area contributed by atoms with E-state index in [9.17, 15) is 24.3 Å². The third-order valence-corrected chi connectivity index (χ3v) is 10.9. The highest BCUT2D eigenvalue weighted by Crippen LogP contribution is 2.45. The molecule has 3 aromatic rings. The molecule has 3 aliphatic rings. The molecule has 3 N–H and O–H groups in total. The Labute approximate surface area is 301 Å². The molecule has 51 heavy (non-hydrogen) atoms. The topological polar surface area (TPSA) is 156 Å². The van der Waals surface area contributed by atoms with Crippen molar-refractivity contribution in [3.8, 4) is 22.8 Å². The van der Waals surface area contributed by atoms with Crippen molar-refractivity contribution in [1.29, 1.82) is 0 Å². The largest absolute Gasteiger partial charge is 0.497 e. The number of methoxy groups -OCH3 is 1. The first-order valence-corrected chi connectivity index (χ1v) is 18.2. The van der Waals surface area contributed by atoms with E-state index in [1.807, 2.05) is 69.3 Å². The summed E-state index contributed by atoms with van der Waals surface area (Å²) >= 11 is 1.70. The molecule has 6 rings (SSSR count). The molecule has 0 spiro atoms. The zero-order valence-corrected chi connectivity index (χ0v) is 30.0. The van der Waals surface area contributed by atoms with Crippen molar-refractivity contribution in [3.05, 3.63) is 67.3 Å². The van der Waals surface area contributed by atoms with Crippen molar-refractivity contribution in [2.45, 2.75) is 69.9 Å². The number of aromatic nitrogens is 1. The van der Waals surface area contributed by atoms with Crippen LogP contribution in [-0.2, 0) is 19.1 Å². The number of rotatable bonds is 11. The van der Waals surface area contributed by atoms with E-state index in [-0.39, 0.29) is 25.5 Å². The normalized spacial score (nSPS) is 24.7. The molecule has 1 saturated carbocycles. The Kier molecular flexibility index (Phi) is 10.2. The summed E-state index contributed by atoms with van der Waals surface area (Å²) in [6, 6.07) is 14.8. The van der Waals surface area contributed by atoms with Gasteiger partial charge >= 0.3 is 12.1 Å². The maximum atomic E-state index is 14.5. The number of carboxylic acids is 1. The van der Waals surface area contributed by atoms with E-state index in [2.05, 4.69) is 17.2 Å². The molecule has 2 aromatic carbocycles.